The van der Waals surface area contributed by atoms with Gasteiger partial charge in [-0.25, -0.2) is 8.78 Å². The lowest BCUT2D eigenvalue weighted by Crippen LogP contribution is -2.26. The van der Waals surface area contributed by atoms with Gasteiger partial charge in [-0.3, -0.25) is 0 Å². The van der Waals surface area contributed by atoms with Gasteiger partial charge in [0.25, 0.3) is 0 Å². The van der Waals surface area contributed by atoms with Crippen molar-refractivity contribution < 1.29 is 8.78 Å². The van der Waals surface area contributed by atoms with Crippen LogP contribution in [0.4, 0.5) is 8.78 Å². The number of hydrogen-bond acceptors (Lipinski definition) is 1. The standard InChI is InChI=1S/C9H17F2N/c10-9(11)6-3-7-1-4-8(12)5-2-7/h7-9H,1-6,12H2. The Bertz CT molecular complexity index is 120. The van der Waals surface area contributed by atoms with Crippen molar-refractivity contribution in [1.82, 2.24) is 0 Å². The van der Waals surface area contributed by atoms with Crippen LogP contribution in [0.25, 0.3) is 0 Å². The first-order chi connectivity index (χ1) is 5.68. The summed E-state index contributed by atoms with van der Waals surface area (Å²) in [6.07, 6.45) is 2.77. The average Bonchev–Trinajstić information content (AvgIpc) is 2.03. The topological polar surface area (TPSA) is 26.0 Å². The second-order valence-corrected chi connectivity index (χ2v) is 3.75. The summed E-state index contributed by atoms with van der Waals surface area (Å²) in [6.45, 7) is 0. The van der Waals surface area contributed by atoms with Crippen molar-refractivity contribution in [2.45, 2.75) is 51.0 Å². The van der Waals surface area contributed by atoms with Gasteiger partial charge < -0.3 is 5.73 Å². The molecule has 72 valence electrons. The second kappa shape index (κ2) is 4.75. The first-order valence-corrected chi connectivity index (χ1v) is 4.72. The van der Waals surface area contributed by atoms with Gasteiger partial charge in [-0.15, -0.1) is 0 Å². The monoisotopic (exact) mass is 177 g/mol. The van der Waals surface area contributed by atoms with Crippen molar-refractivity contribution in [1.29, 1.82) is 0 Å². The van der Waals surface area contributed by atoms with Crippen LogP contribution in [0, 0.1) is 5.92 Å². The molecule has 0 saturated heterocycles. The highest BCUT2D eigenvalue weighted by Gasteiger charge is 2.19. The molecule has 0 heterocycles. The molecule has 1 saturated carbocycles. The molecule has 0 aromatic carbocycles. The number of alkyl halides is 2. The molecule has 2 N–H and O–H groups in total. The Morgan fingerprint density at radius 2 is 1.75 bits per heavy atom. The molecule has 0 bridgehead atoms. The fourth-order valence-electron chi connectivity index (χ4n) is 1.84. The van der Waals surface area contributed by atoms with E-state index >= 15 is 0 Å². The molecule has 0 aromatic heterocycles. The summed E-state index contributed by atoms with van der Waals surface area (Å²) in [5.74, 6) is 0.513. The summed E-state index contributed by atoms with van der Waals surface area (Å²) in [6, 6.07) is 0.327. The average molecular weight is 177 g/mol. The highest BCUT2D eigenvalue weighted by Crippen LogP contribution is 2.27. The smallest absolute Gasteiger partial charge is 0.238 e. The molecule has 0 amide bonds. The Balaban J connectivity index is 2.09. The van der Waals surface area contributed by atoms with Crippen LogP contribution in [-0.4, -0.2) is 12.5 Å². The van der Waals surface area contributed by atoms with Crippen molar-refractivity contribution in [2.24, 2.45) is 11.7 Å². The zero-order valence-electron chi connectivity index (χ0n) is 7.31. The first-order valence-electron chi connectivity index (χ1n) is 4.72. The molecule has 1 aliphatic carbocycles. The largest absolute Gasteiger partial charge is 0.328 e. The van der Waals surface area contributed by atoms with Crippen LogP contribution in [0.2, 0.25) is 0 Å². The Hall–Kier alpha value is -0.180. The molecule has 0 spiro atoms. The van der Waals surface area contributed by atoms with Gasteiger partial charge in [0, 0.05) is 12.5 Å². The third-order valence-electron chi connectivity index (χ3n) is 2.68. The number of nitrogens with two attached hydrogens (primary N) is 1. The highest BCUT2D eigenvalue weighted by atomic mass is 19.3. The van der Waals surface area contributed by atoms with Crippen LogP contribution in [0.3, 0.4) is 0 Å². The maximum absolute atomic E-state index is 11.8. The summed E-state index contributed by atoms with van der Waals surface area (Å²) in [4.78, 5) is 0. The molecule has 3 heteroatoms. The van der Waals surface area contributed by atoms with Crippen LogP contribution in [0.5, 0.6) is 0 Å². The normalized spacial score (nSPS) is 31.0. The van der Waals surface area contributed by atoms with Gasteiger partial charge in [-0.1, -0.05) is 0 Å². The molecular formula is C9H17F2N. The molecule has 12 heavy (non-hydrogen) atoms. The molecule has 0 unspecified atom stereocenters. The third kappa shape index (κ3) is 3.48. The van der Waals surface area contributed by atoms with Crippen molar-refractivity contribution in [3.05, 3.63) is 0 Å². The van der Waals surface area contributed by atoms with Gasteiger partial charge in [-0.05, 0) is 38.0 Å². The lowest BCUT2D eigenvalue weighted by atomic mass is 9.84. The van der Waals surface area contributed by atoms with E-state index in [0.29, 0.717) is 18.4 Å². The van der Waals surface area contributed by atoms with Crippen molar-refractivity contribution >= 4 is 0 Å². The van der Waals surface area contributed by atoms with Crippen molar-refractivity contribution in [2.75, 3.05) is 0 Å². The number of rotatable bonds is 3. The molecule has 1 nitrogen and oxygen atoms in total. The molecule has 0 atom stereocenters. The van der Waals surface area contributed by atoms with Crippen molar-refractivity contribution in [3.63, 3.8) is 0 Å². The van der Waals surface area contributed by atoms with Crippen LogP contribution in [0.15, 0.2) is 0 Å². The SMILES string of the molecule is NC1CCC(CCC(F)F)CC1. The van der Waals surface area contributed by atoms with Crippen LogP contribution in [0.1, 0.15) is 38.5 Å². The van der Waals surface area contributed by atoms with E-state index < -0.39 is 6.43 Å². The van der Waals surface area contributed by atoms with Gasteiger partial charge >= 0.3 is 0 Å². The Labute approximate surface area is 72.3 Å². The predicted molar refractivity (Wildman–Crippen MR) is 45.2 cm³/mol. The number of hydrogen-bond donors (Lipinski definition) is 1. The quantitative estimate of drug-likeness (QED) is 0.704. The minimum atomic E-state index is -2.12. The first kappa shape index (κ1) is 9.90. The van der Waals surface area contributed by atoms with Crippen LogP contribution >= 0.6 is 0 Å². The maximum atomic E-state index is 11.8. The minimum absolute atomic E-state index is 0.0693. The predicted octanol–water partition coefficient (Wildman–Crippen LogP) is 2.55. The molecular weight excluding hydrogens is 160 g/mol. The summed E-state index contributed by atoms with van der Waals surface area (Å²) in [5, 5.41) is 0. The minimum Gasteiger partial charge on any atom is -0.328 e. The fourth-order valence-corrected chi connectivity index (χ4v) is 1.84. The van der Waals surface area contributed by atoms with E-state index in [9.17, 15) is 8.78 Å². The summed E-state index contributed by atoms with van der Waals surface area (Å²) < 4.78 is 23.7. The zero-order chi connectivity index (χ0) is 8.97. The fraction of sp³-hybridized carbons (Fsp3) is 1.00. The van der Waals surface area contributed by atoms with Crippen LogP contribution in [-0.2, 0) is 0 Å². The van der Waals surface area contributed by atoms with E-state index in [4.69, 9.17) is 5.73 Å². The van der Waals surface area contributed by atoms with E-state index in [0.717, 1.165) is 25.7 Å². The Morgan fingerprint density at radius 3 is 2.25 bits per heavy atom. The Kier molecular flexibility index (Phi) is 3.92. The summed E-state index contributed by atoms with van der Waals surface area (Å²) >= 11 is 0. The molecule has 1 rings (SSSR count). The van der Waals surface area contributed by atoms with E-state index in [-0.39, 0.29) is 6.42 Å². The van der Waals surface area contributed by atoms with Crippen molar-refractivity contribution in [3.8, 4) is 0 Å². The lowest BCUT2D eigenvalue weighted by molar-refractivity contribution is 0.122. The van der Waals surface area contributed by atoms with Gasteiger partial charge in [0.15, 0.2) is 0 Å². The van der Waals surface area contributed by atoms with Crippen LogP contribution < -0.4 is 5.73 Å². The summed E-state index contributed by atoms with van der Waals surface area (Å²) in [5.41, 5.74) is 5.70. The summed E-state index contributed by atoms with van der Waals surface area (Å²) in [7, 11) is 0. The maximum Gasteiger partial charge on any atom is 0.238 e. The van der Waals surface area contributed by atoms with Gasteiger partial charge in [0.2, 0.25) is 6.43 Å². The molecule has 0 radical (unpaired) electrons. The third-order valence-corrected chi connectivity index (χ3v) is 2.68. The van der Waals surface area contributed by atoms with Gasteiger partial charge in [-0.2, -0.15) is 0 Å². The van der Waals surface area contributed by atoms with E-state index in [2.05, 4.69) is 0 Å². The number of halogens is 2. The Morgan fingerprint density at radius 1 is 1.17 bits per heavy atom. The molecule has 1 aliphatic rings. The zero-order valence-corrected chi connectivity index (χ0v) is 7.31. The molecule has 0 aliphatic heterocycles. The highest BCUT2D eigenvalue weighted by molar-refractivity contribution is 4.74. The van der Waals surface area contributed by atoms with Gasteiger partial charge in [0.1, 0.15) is 0 Å². The molecule has 0 aromatic rings. The van der Waals surface area contributed by atoms with E-state index in [1.807, 2.05) is 0 Å². The van der Waals surface area contributed by atoms with E-state index in [1.165, 1.54) is 0 Å². The van der Waals surface area contributed by atoms with Gasteiger partial charge in [0.05, 0.1) is 0 Å². The van der Waals surface area contributed by atoms with E-state index in [1.54, 1.807) is 0 Å². The second-order valence-electron chi connectivity index (χ2n) is 3.75. The lowest BCUT2D eigenvalue weighted by Gasteiger charge is -2.25. The molecule has 1 fully saturated rings.